The Labute approximate surface area is 306 Å². The van der Waals surface area contributed by atoms with Gasteiger partial charge in [-0.1, -0.05) is 26.7 Å². The second-order valence-electron chi connectivity index (χ2n) is 12.7. The first-order valence-corrected chi connectivity index (χ1v) is 17.2. The van der Waals surface area contributed by atoms with Crippen molar-refractivity contribution in [2.75, 3.05) is 30.3 Å². The van der Waals surface area contributed by atoms with Crippen LogP contribution in [-0.4, -0.2) is 88.9 Å². The topological polar surface area (TPSA) is 131 Å². The fourth-order valence-corrected chi connectivity index (χ4v) is 7.17. The molecule has 7 rings (SSSR count). The number of alkyl halides is 4. The van der Waals surface area contributed by atoms with Crippen molar-refractivity contribution in [2.45, 2.75) is 84.8 Å². The molecular formula is C35H40B2F5N9O2. The number of benzene rings is 1. The molecule has 1 aromatic carbocycles. The zero-order chi connectivity index (χ0) is 38.8. The maximum Gasteiger partial charge on any atom is 0.417 e. The highest BCUT2D eigenvalue weighted by molar-refractivity contribution is 6.05. The van der Waals surface area contributed by atoms with Crippen LogP contribution < -0.4 is 20.0 Å². The largest absolute Gasteiger partial charge is 0.541 e. The molecule has 6 heterocycles. The van der Waals surface area contributed by atoms with Crippen LogP contribution in [-0.2, 0) is 6.18 Å². The Hall–Kier alpha value is -4.73. The van der Waals surface area contributed by atoms with Gasteiger partial charge in [-0.05, 0) is 57.9 Å². The molecule has 18 heteroatoms. The molecule has 0 saturated carbocycles. The summed E-state index contributed by atoms with van der Waals surface area (Å²) in [7, 11) is 9.91. The lowest BCUT2D eigenvalue weighted by molar-refractivity contribution is -0.137. The smallest absolute Gasteiger partial charge is 0.417 e. The Kier molecular flexibility index (Phi) is 12.0. The molecule has 2 aliphatic rings. The number of likely N-dealkylation sites (tertiary alicyclic amines) is 1. The Morgan fingerprint density at radius 1 is 1.19 bits per heavy atom. The lowest BCUT2D eigenvalue weighted by atomic mass is 9.94. The molecule has 278 valence electrons. The number of H-pyrrole nitrogens is 1. The number of aryl methyl sites for hydroxylation is 1. The van der Waals surface area contributed by atoms with Crippen LogP contribution in [0.15, 0.2) is 30.6 Å². The SMILES string of the molecule is CCC1CC(F)CN1CC.[B]C.[B]Oc1nc2c3c(nc(-c4c(C(F)(F)F)c(C)cc5[nH]ncc45)c(F)c3n1)OC[C@H](C)N2C(C)c1cccnc1N. The van der Waals surface area contributed by atoms with E-state index in [9.17, 15) is 17.6 Å². The van der Waals surface area contributed by atoms with Crippen molar-refractivity contribution < 1.29 is 31.3 Å². The minimum absolute atomic E-state index is 0.0217. The summed E-state index contributed by atoms with van der Waals surface area (Å²) in [4.78, 5) is 21.0. The van der Waals surface area contributed by atoms with E-state index < -0.39 is 53.1 Å². The van der Waals surface area contributed by atoms with E-state index in [0.717, 1.165) is 19.4 Å². The van der Waals surface area contributed by atoms with Crippen LogP contribution in [0.1, 0.15) is 63.3 Å². The van der Waals surface area contributed by atoms with Crippen LogP contribution in [0.5, 0.6) is 11.9 Å². The van der Waals surface area contributed by atoms with Gasteiger partial charge < -0.3 is 20.0 Å². The third-order valence-electron chi connectivity index (χ3n) is 9.55. The van der Waals surface area contributed by atoms with Gasteiger partial charge in [0.2, 0.25) is 5.88 Å². The van der Waals surface area contributed by atoms with E-state index >= 15 is 4.39 Å². The molecule has 1 fully saturated rings. The lowest BCUT2D eigenvalue weighted by Gasteiger charge is -2.34. The summed E-state index contributed by atoms with van der Waals surface area (Å²) in [6, 6.07) is 4.06. The van der Waals surface area contributed by atoms with E-state index in [2.05, 4.69) is 56.7 Å². The summed E-state index contributed by atoms with van der Waals surface area (Å²) in [6.07, 6.45) is -0.816. The van der Waals surface area contributed by atoms with Gasteiger partial charge in [-0.15, -0.1) is 0 Å². The molecule has 0 amide bonds. The third-order valence-corrected chi connectivity index (χ3v) is 9.55. The van der Waals surface area contributed by atoms with Crippen LogP contribution in [0.2, 0.25) is 6.82 Å². The van der Waals surface area contributed by atoms with Crippen LogP contribution in [0.3, 0.4) is 0 Å². The van der Waals surface area contributed by atoms with Gasteiger partial charge in [0.25, 0.3) is 6.01 Å². The molecule has 0 aliphatic carbocycles. The number of anilines is 2. The summed E-state index contributed by atoms with van der Waals surface area (Å²) < 4.78 is 83.3. The number of ether oxygens (including phenoxy) is 1. The standard InChI is InChI=1S/C26H21BF4N8O2.C8H16FN.CH3B/c1-10-7-15-14(8-34-38-15)16(18(10)26(29,30)31)20-19(28)21-17-23(37-25(36-21)41-27)39(11(2)9-40-24(17)35-20)12(3)13-5-4-6-33-22(13)32;1-3-8-5-7(9)6-10(8)4-2;1-2/h4-8,11-12H,9H2,1-3H3,(H2,32,33)(H,34,38);7-8H,3-6H2,1-2H3;1H3/t11-,12?;;/m0../s1. The third kappa shape index (κ3) is 7.55. The van der Waals surface area contributed by atoms with Crippen LogP contribution in [0, 0.1) is 12.7 Å². The zero-order valence-electron chi connectivity index (χ0n) is 30.3. The van der Waals surface area contributed by atoms with E-state index in [1.807, 2.05) is 13.8 Å². The Morgan fingerprint density at radius 3 is 2.55 bits per heavy atom. The molecule has 3 unspecified atom stereocenters. The average Bonchev–Trinajstić information content (AvgIpc) is 3.73. The fourth-order valence-electron chi connectivity index (χ4n) is 7.17. The van der Waals surface area contributed by atoms with Crippen molar-refractivity contribution >= 4 is 49.3 Å². The van der Waals surface area contributed by atoms with Gasteiger partial charge in [0, 0.05) is 35.3 Å². The summed E-state index contributed by atoms with van der Waals surface area (Å²) in [6.45, 7) is 12.4. The average molecular weight is 735 g/mol. The Balaban J connectivity index is 0.000000388. The number of hydrogen-bond donors (Lipinski definition) is 2. The number of aromatic nitrogens is 6. The van der Waals surface area contributed by atoms with Gasteiger partial charge in [-0.3, -0.25) is 10.00 Å². The molecule has 1 saturated heterocycles. The van der Waals surface area contributed by atoms with Crippen molar-refractivity contribution in [2.24, 2.45) is 0 Å². The number of pyridine rings is 2. The Bertz CT molecular complexity index is 2060. The first kappa shape index (κ1) is 39.5. The minimum atomic E-state index is -4.84. The second kappa shape index (κ2) is 16.1. The van der Waals surface area contributed by atoms with Crippen molar-refractivity contribution in [1.82, 2.24) is 35.0 Å². The monoisotopic (exact) mass is 735 g/mol. The normalized spacial score (nSPS) is 19.2. The molecule has 2 aliphatic heterocycles. The van der Waals surface area contributed by atoms with Crippen LogP contribution in [0.4, 0.5) is 33.6 Å². The first-order chi connectivity index (χ1) is 25.3. The molecule has 4 atom stereocenters. The van der Waals surface area contributed by atoms with Crippen LogP contribution >= 0.6 is 0 Å². The molecular weight excluding hydrogens is 695 g/mol. The van der Waals surface area contributed by atoms with E-state index in [1.165, 1.54) is 26.0 Å². The predicted molar refractivity (Wildman–Crippen MR) is 195 cm³/mol. The summed E-state index contributed by atoms with van der Waals surface area (Å²) in [5.41, 5.74) is 4.38. The molecule has 4 radical (unpaired) electrons. The van der Waals surface area contributed by atoms with Crippen molar-refractivity contribution in [3.8, 4) is 23.1 Å². The number of halogens is 5. The quantitative estimate of drug-likeness (QED) is 0.141. The van der Waals surface area contributed by atoms with Crippen molar-refractivity contribution in [1.29, 1.82) is 0 Å². The van der Waals surface area contributed by atoms with E-state index in [0.29, 0.717) is 18.2 Å². The van der Waals surface area contributed by atoms with Gasteiger partial charge >= 0.3 is 14.2 Å². The number of rotatable bonds is 6. The number of fused-ring (bicyclic) bond motifs is 1. The number of hydrogen-bond acceptors (Lipinski definition) is 10. The number of nitrogens with two attached hydrogens (primary N) is 1. The maximum absolute atomic E-state index is 16.5. The van der Waals surface area contributed by atoms with Crippen LogP contribution in [0.25, 0.3) is 33.1 Å². The van der Waals surface area contributed by atoms with E-state index in [1.54, 1.807) is 23.2 Å². The molecule has 3 N–H and O–H groups in total. The fraction of sp³-hybridized carbons (Fsp3) is 0.457. The number of nitrogen functional groups attached to an aromatic ring is 1. The molecule has 53 heavy (non-hydrogen) atoms. The molecule has 5 aromatic rings. The molecule has 0 bridgehead atoms. The highest BCUT2D eigenvalue weighted by atomic mass is 19.4. The van der Waals surface area contributed by atoms with Gasteiger partial charge in [0.05, 0.1) is 37.2 Å². The summed E-state index contributed by atoms with van der Waals surface area (Å²) in [5.74, 6) is -0.864. The minimum Gasteiger partial charge on any atom is -0.541 e. The highest BCUT2D eigenvalue weighted by Crippen LogP contribution is 2.47. The van der Waals surface area contributed by atoms with Crippen molar-refractivity contribution in [3.05, 3.63) is 53.1 Å². The number of nitrogens with zero attached hydrogens (tertiary/aromatic N) is 7. The zero-order valence-corrected chi connectivity index (χ0v) is 30.3. The lowest BCUT2D eigenvalue weighted by Crippen LogP contribution is -2.39. The summed E-state index contributed by atoms with van der Waals surface area (Å²) >= 11 is 0. The first-order valence-electron chi connectivity index (χ1n) is 17.2. The van der Waals surface area contributed by atoms with Gasteiger partial charge in [-0.25, -0.2) is 18.7 Å². The van der Waals surface area contributed by atoms with Gasteiger partial charge in [0.1, 0.15) is 41.0 Å². The van der Waals surface area contributed by atoms with E-state index in [-0.39, 0.29) is 51.5 Å². The second-order valence-corrected chi connectivity index (χ2v) is 12.7. The molecule has 4 aromatic heterocycles. The number of nitrogens with one attached hydrogen (secondary N) is 1. The van der Waals surface area contributed by atoms with Gasteiger partial charge in [0.15, 0.2) is 5.82 Å². The summed E-state index contributed by atoms with van der Waals surface area (Å²) in [5, 5.41) is 6.58. The predicted octanol–water partition coefficient (Wildman–Crippen LogP) is 6.85. The molecule has 11 nitrogen and oxygen atoms in total. The number of aromatic amines is 1. The van der Waals surface area contributed by atoms with E-state index in [4.69, 9.17) is 23.2 Å². The molecule has 0 spiro atoms. The maximum atomic E-state index is 16.5. The Morgan fingerprint density at radius 2 is 1.92 bits per heavy atom. The van der Waals surface area contributed by atoms with Crippen molar-refractivity contribution in [3.63, 3.8) is 0 Å². The van der Waals surface area contributed by atoms with Gasteiger partial charge in [-0.2, -0.15) is 28.2 Å². The highest BCUT2D eigenvalue weighted by Gasteiger charge is 2.40.